The van der Waals surface area contributed by atoms with Gasteiger partial charge in [-0.1, -0.05) is 0 Å². The molecule has 0 atom stereocenters. The molecule has 1 aromatic heterocycles. The molecule has 0 spiro atoms. The first-order valence-corrected chi connectivity index (χ1v) is 3.09. The number of hydrogen-bond donors (Lipinski definition) is 0. The van der Waals surface area contributed by atoms with Crippen molar-refractivity contribution < 1.29 is 0 Å². The van der Waals surface area contributed by atoms with Crippen LogP contribution in [0.3, 0.4) is 0 Å². The van der Waals surface area contributed by atoms with Gasteiger partial charge >= 0.3 is 0 Å². The topological polar surface area (TPSA) is 50.5 Å². The van der Waals surface area contributed by atoms with Crippen molar-refractivity contribution in [2.75, 3.05) is 0 Å². The lowest BCUT2D eigenvalue weighted by Gasteiger charge is -1.93. The average Bonchev–Trinajstić information content (AvgIpc) is 2.03. The highest BCUT2D eigenvalue weighted by atomic mass is 14.9. The van der Waals surface area contributed by atoms with Crippen molar-refractivity contribution in [1.82, 2.24) is 9.97 Å². The third-order valence-electron chi connectivity index (χ3n) is 1.16. The maximum Gasteiger partial charge on any atom is 0.115 e. The van der Waals surface area contributed by atoms with E-state index >= 15 is 0 Å². The normalized spacial score (nSPS) is 10.3. The van der Waals surface area contributed by atoms with Crippen LogP contribution in [0.1, 0.15) is 5.69 Å². The third-order valence-corrected chi connectivity index (χ3v) is 1.16. The Kier molecular flexibility index (Phi) is 2.43. The molecule has 0 aliphatic rings. The Labute approximate surface area is 64.8 Å². The van der Waals surface area contributed by atoms with Crippen molar-refractivity contribution in [3.05, 3.63) is 18.2 Å². The van der Waals surface area contributed by atoms with Crippen molar-refractivity contribution in [2.24, 2.45) is 9.98 Å². The van der Waals surface area contributed by atoms with Crippen LogP contribution in [-0.4, -0.2) is 23.0 Å². The fourth-order valence-electron chi connectivity index (χ4n) is 0.613. The van der Waals surface area contributed by atoms with E-state index in [0.717, 1.165) is 11.4 Å². The maximum absolute atomic E-state index is 3.95. The summed E-state index contributed by atoms with van der Waals surface area (Å²) in [5.74, 6) is 0. The standard InChI is InChI=1S/C7H8N4/c1-6-7(11-4-8-2)3-9-5-10-6/h3-5H,2H2,1H3/b11-4-. The Morgan fingerprint density at radius 1 is 1.64 bits per heavy atom. The van der Waals surface area contributed by atoms with Gasteiger partial charge in [-0.2, -0.15) is 0 Å². The molecule has 0 amide bonds. The molecular formula is C7H8N4. The Bertz CT molecular complexity index is 280. The summed E-state index contributed by atoms with van der Waals surface area (Å²) in [5, 5.41) is 0. The van der Waals surface area contributed by atoms with E-state index in [2.05, 4.69) is 26.7 Å². The summed E-state index contributed by atoms with van der Waals surface area (Å²) in [6.45, 7) is 5.12. The van der Waals surface area contributed by atoms with Gasteiger partial charge in [0.1, 0.15) is 18.4 Å². The van der Waals surface area contributed by atoms with Crippen molar-refractivity contribution in [3.8, 4) is 0 Å². The first-order valence-electron chi connectivity index (χ1n) is 3.09. The Morgan fingerprint density at radius 3 is 3.09 bits per heavy atom. The molecule has 1 aromatic rings. The predicted octanol–water partition coefficient (Wildman–Crippen LogP) is 1.15. The quantitative estimate of drug-likeness (QED) is 0.466. The summed E-state index contributed by atoms with van der Waals surface area (Å²) in [7, 11) is 0. The fraction of sp³-hybridized carbons (Fsp3) is 0.143. The molecular weight excluding hydrogens is 140 g/mol. The van der Waals surface area contributed by atoms with Crippen molar-refractivity contribution >= 4 is 18.7 Å². The summed E-state index contributed by atoms with van der Waals surface area (Å²) in [6.07, 6.45) is 4.48. The molecule has 1 rings (SSSR count). The van der Waals surface area contributed by atoms with Crippen LogP contribution in [0.2, 0.25) is 0 Å². The van der Waals surface area contributed by atoms with Crippen LogP contribution < -0.4 is 0 Å². The van der Waals surface area contributed by atoms with Crippen LogP contribution in [0.25, 0.3) is 0 Å². The van der Waals surface area contributed by atoms with Crippen LogP contribution in [0, 0.1) is 6.92 Å². The molecule has 0 saturated heterocycles. The van der Waals surface area contributed by atoms with Crippen LogP contribution in [0.4, 0.5) is 5.69 Å². The van der Waals surface area contributed by atoms with Crippen molar-refractivity contribution in [3.63, 3.8) is 0 Å². The van der Waals surface area contributed by atoms with Crippen molar-refractivity contribution in [2.45, 2.75) is 6.92 Å². The molecule has 0 aliphatic heterocycles. The molecule has 0 saturated carbocycles. The van der Waals surface area contributed by atoms with Gasteiger partial charge in [0, 0.05) is 0 Å². The van der Waals surface area contributed by atoms with E-state index in [0.29, 0.717) is 0 Å². The fourth-order valence-corrected chi connectivity index (χ4v) is 0.613. The van der Waals surface area contributed by atoms with Gasteiger partial charge in [-0.25, -0.2) is 15.0 Å². The van der Waals surface area contributed by atoms with E-state index in [9.17, 15) is 0 Å². The highest BCUT2D eigenvalue weighted by molar-refractivity contribution is 5.66. The zero-order valence-electron chi connectivity index (χ0n) is 6.23. The van der Waals surface area contributed by atoms with Gasteiger partial charge in [-0.15, -0.1) is 0 Å². The molecule has 11 heavy (non-hydrogen) atoms. The molecule has 0 aliphatic carbocycles. The summed E-state index contributed by atoms with van der Waals surface area (Å²) < 4.78 is 0. The summed E-state index contributed by atoms with van der Waals surface area (Å²) in [6, 6.07) is 0. The third kappa shape index (κ3) is 1.93. The molecule has 0 radical (unpaired) electrons. The first kappa shape index (κ1) is 7.53. The molecule has 0 fully saturated rings. The number of nitrogens with zero attached hydrogens (tertiary/aromatic N) is 4. The zero-order chi connectivity index (χ0) is 8.10. The summed E-state index contributed by atoms with van der Waals surface area (Å²) in [4.78, 5) is 15.2. The second-order valence-electron chi connectivity index (χ2n) is 1.92. The number of aromatic nitrogens is 2. The lowest BCUT2D eigenvalue weighted by atomic mass is 10.4. The van der Waals surface area contributed by atoms with Crippen molar-refractivity contribution in [1.29, 1.82) is 0 Å². The monoisotopic (exact) mass is 148 g/mol. The smallest absolute Gasteiger partial charge is 0.115 e. The Morgan fingerprint density at radius 2 is 2.45 bits per heavy atom. The van der Waals surface area contributed by atoms with Gasteiger partial charge in [0.25, 0.3) is 0 Å². The van der Waals surface area contributed by atoms with E-state index in [1.807, 2.05) is 6.92 Å². The minimum absolute atomic E-state index is 0.722. The minimum Gasteiger partial charge on any atom is -0.253 e. The van der Waals surface area contributed by atoms with E-state index < -0.39 is 0 Å². The molecule has 0 unspecified atom stereocenters. The van der Waals surface area contributed by atoms with Crippen LogP contribution in [-0.2, 0) is 0 Å². The molecule has 4 nitrogen and oxygen atoms in total. The SMILES string of the molecule is C=N/C=N\c1cncnc1C. The van der Waals surface area contributed by atoms with E-state index in [-0.39, 0.29) is 0 Å². The molecule has 1 heterocycles. The number of hydrogen-bond acceptors (Lipinski definition) is 3. The highest BCUT2D eigenvalue weighted by Gasteiger charge is 1.92. The van der Waals surface area contributed by atoms with Crippen LogP contribution >= 0.6 is 0 Å². The predicted molar refractivity (Wildman–Crippen MR) is 44.5 cm³/mol. The number of aliphatic imine (C=N–C) groups is 2. The van der Waals surface area contributed by atoms with Crippen LogP contribution in [0.5, 0.6) is 0 Å². The Hall–Kier alpha value is -1.58. The van der Waals surface area contributed by atoms with Gasteiger partial charge < -0.3 is 0 Å². The van der Waals surface area contributed by atoms with Gasteiger partial charge in [-0.05, 0) is 13.6 Å². The second-order valence-corrected chi connectivity index (χ2v) is 1.92. The second kappa shape index (κ2) is 3.55. The van der Waals surface area contributed by atoms with E-state index in [1.54, 1.807) is 6.20 Å². The highest BCUT2D eigenvalue weighted by Crippen LogP contribution is 2.11. The molecule has 4 heteroatoms. The molecule has 56 valence electrons. The minimum atomic E-state index is 0.722. The van der Waals surface area contributed by atoms with E-state index in [4.69, 9.17) is 0 Å². The average molecular weight is 148 g/mol. The molecule has 0 aromatic carbocycles. The lowest BCUT2D eigenvalue weighted by molar-refractivity contribution is 1.09. The Balaban J connectivity index is 2.94. The molecule has 0 N–H and O–H groups in total. The summed E-state index contributed by atoms with van der Waals surface area (Å²) >= 11 is 0. The van der Waals surface area contributed by atoms with Crippen LogP contribution in [0.15, 0.2) is 22.5 Å². The first-order chi connectivity index (χ1) is 5.34. The van der Waals surface area contributed by atoms with Gasteiger partial charge in [-0.3, -0.25) is 4.99 Å². The number of aryl methyl sites for hydroxylation is 1. The summed E-state index contributed by atoms with van der Waals surface area (Å²) in [5.41, 5.74) is 1.56. The van der Waals surface area contributed by atoms with Gasteiger partial charge in [0.15, 0.2) is 0 Å². The van der Waals surface area contributed by atoms with Gasteiger partial charge in [0.2, 0.25) is 0 Å². The molecule has 0 bridgehead atoms. The zero-order valence-corrected chi connectivity index (χ0v) is 6.23. The maximum atomic E-state index is 3.95. The largest absolute Gasteiger partial charge is 0.253 e. The lowest BCUT2D eigenvalue weighted by Crippen LogP contribution is -1.82. The van der Waals surface area contributed by atoms with Gasteiger partial charge in [0.05, 0.1) is 11.9 Å². The van der Waals surface area contributed by atoms with E-state index in [1.165, 1.54) is 12.7 Å². The number of rotatable bonds is 2.